The van der Waals surface area contributed by atoms with Gasteiger partial charge in [0, 0.05) is 22.8 Å². The van der Waals surface area contributed by atoms with Gasteiger partial charge in [-0.05, 0) is 66.8 Å². The fourth-order valence-corrected chi connectivity index (χ4v) is 3.05. The average Bonchev–Trinajstić information content (AvgIpc) is 2.42. The van der Waals surface area contributed by atoms with Gasteiger partial charge < -0.3 is 10.1 Å². The maximum Gasteiger partial charge on any atom is 0.252 e. The number of rotatable bonds is 3. The van der Waals surface area contributed by atoms with Crippen LogP contribution in [0.1, 0.15) is 35.7 Å². The van der Waals surface area contributed by atoms with Crippen LogP contribution in [0.3, 0.4) is 0 Å². The minimum Gasteiger partial charge on any atom is -0.381 e. The first-order chi connectivity index (χ1) is 9.09. The van der Waals surface area contributed by atoms with E-state index in [-0.39, 0.29) is 11.9 Å². The zero-order valence-corrected chi connectivity index (χ0v) is 13.6. The van der Waals surface area contributed by atoms with E-state index in [0.29, 0.717) is 5.92 Å². The summed E-state index contributed by atoms with van der Waals surface area (Å²) in [5.74, 6) is 0.562. The molecular formula is C15H20INO2. The molecule has 3 nitrogen and oxygen atoms in total. The number of hydrogen-bond acceptors (Lipinski definition) is 2. The van der Waals surface area contributed by atoms with Crippen molar-refractivity contribution in [2.24, 2.45) is 5.92 Å². The standard InChI is InChI=1S/C15H20INO2/c1-10-4-3-5-13(14(10)16)15(18)17-11(2)12-6-8-19-9-7-12/h3-5,11-12H,6-9H2,1-2H3,(H,17,18). The van der Waals surface area contributed by atoms with Gasteiger partial charge in [0.25, 0.3) is 5.91 Å². The van der Waals surface area contributed by atoms with Crippen LogP contribution in [0.15, 0.2) is 18.2 Å². The minimum atomic E-state index is 0.0343. The van der Waals surface area contributed by atoms with Crippen molar-refractivity contribution in [3.63, 3.8) is 0 Å². The third-order valence-electron chi connectivity index (χ3n) is 3.77. The Kier molecular flexibility index (Phi) is 5.21. The van der Waals surface area contributed by atoms with Crippen LogP contribution in [0.2, 0.25) is 0 Å². The van der Waals surface area contributed by atoms with Gasteiger partial charge in [-0.3, -0.25) is 4.79 Å². The van der Waals surface area contributed by atoms with E-state index in [1.165, 1.54) is 0 Å². The van der Waals surface area contributed by atoms with Crippen molar-refractivity contribution < 1.29 is 9.53 Å². The van der Waals surface area contributed by atoms with Crippen LogP contribution in [0.5, 0.6) is 0 Å². The van der Waals surface area contributed by atoms with Crippen LogP contribution in [-0.4, -0.2) is 25.2 Å². The predicted molar refractivity (Wildman–Crippen MR) is 84.4 cm³/mol. The van der Waals surface area contributed by atoms with Crippen molar-refractivity contribution >= 4 is 28.5 Å². The van der Waals surface area contributed by atoms with Crippen LogP contribution in [0, 0.1) is 16.4 Å². The summed E-state index contributed by atoms with van der Waals surface area (Å²) in [6.45, 7) is 5.75. The summed E-state index contributed by atoms with van der Waals surface area (Å²) in [6, 6.07) is 6.06. The Hall–Kier alpha value is -0.620. The zero-order valence-electron chi connectivity index (χ0n) is 11.4. The summed E-state index contributed by atoms with van der Waals surface area (Å²) in [7, 11) is 0. The molecule has 1 aliphatic rings. The fraction of sp³-hybridized carbons (Fsp3) is 0.533. The number of aryl methyl sites for hydroxylation is 1. The second-order valence-electron chi connectivity index (χ2n) is 5.15. The molecule has 1 saturated heterocycles. The van der Waals surface area contributed by atoms with Crippen molar-refractivity contribution in [3.05, 3.63) is 32.9 Å². The summed E-state index contributed by atoms with van der Waals surface area (Å²) < 4.78 is 6.40. The molecule has 0 aliphatic carbocycles. The Labute approximate surface area is 128 Å². The monoisotopic (exact) mass is 373 g/mol. The predicted octanol–water partition coefficient (Wildman–Crippen LogP) is 3.14. The molecule has 1 N–H and O–H groups in total. The molecule has 0 bridgehead atoms. The Bertz CT molecular complexity index is 455. The SMILES string of the molecule is Cc1cccc(C(=O)NC(C)C2CCOCC2)c1I. The summed E-state index contributed by atoms with van der Waals surface area (Å²) in [5.41, 5.74) is 1.92. The fourth-order valence-electron chi connectivity index (χ4n) is 2.44. The third-order valence-corrected chi connectivity index (χ3v) is 5.20. The molecule has 1 heterocycles. The lowest BCUT2D eigenvalue weighted by Crippen LogP contribution is -2.40. The van der Waals surface area contributed by atoms with Gasteiger partial charge in [-0.25, -0.2) is 0 Å². The van der Waals surface area contributed by atoms with Crippen molar-refractivity contribution in [1.29, 1.82) is 0 Å². The lowest BCUT2D eigenvalue weighted by atomic mass is 9.92. The number of hydrogen-bond donors (Lipinski definition) is 1. The number of halogens is 1. The van der Waals surface area contributed by atoms with Crippen LogP contribution in [0.25, 0.3) is 0 Å². The van der Waals surface area contributed by atoms with Crippen molar-refractivity contribution in [3.8, 4) is 0 Å². The topological polar surface area (TPSA) is 38.3 Å². The normalized spacial score (nSPS) is 18.1. The van der Waals surface area contributed by atoms with E-state index in [0.717, 1.165) is 40.8 Å². The largest absolute Gasteiger partial charge is 0.381 e. The highest BCUT2D eigenvalue weighted by atomic mass is 127. The van der Waals surface area contributed by atoms with E-state index in [4.69, 9.17) is 4.74 Å². The lowest BCUT2D eigenvalue weighted by Gasteiger charge is -2.28. The second-order valence-corrected chi connectivity index (χ2v) is 6.23. The number of nitrogens with one attached hydrogen (secondary N) is 1. The highest BCUT2D eigenvalue weighted by molar-refractivity contribution is 14.1. The molecule has 1 aromatic rings. The quantitative estimate of drug-likeness (QED) is 0.827. The Morgan fingerprint density at radius 3 is 2.79 bits per heavy atom. The van der Waals surface area contributed by atoms with Gasteiger partial charge in [0.05, 0.1) is 5.56 Å². The first-order valence-corrected chi connectivity index (χ1v) is 7.81. The van der Waals surface area contributed by atoms with Gasteiger partial charge in [0.2, 0.25) is 0 Å². The summed E-state index contributed by atoms with van der Waals surface area (Å²) in [4.78, 5) is 12.3. The van der Waals surface area contributed by atoms with Gasteiger partial charge in [0.1, 0.15) is 0 Å². The average molecular weight is 373 g/mol. The van der Waals surface area contributed by atoms with Crippen molar-refractivity contribution in [1.82, 2.24) is 5.32 Å². The molecule has 1 aliphatic heterocycles. The zero-order chi connectivity index (χ0) is 13.8. The van der Waals surface area contributed by atoms with Gasteiger partial charge >= 0.3 is 0 Å². The number of amides is 1. The minimum absolute atomic E-state index is 0.0343. The maximum absolute atomic E-state index is 12.3. The highest BCUT2D eigenvalue weighted by Gasteiger charge is 2.23. The second kappa shape index (κ2) is 6.70. The Morgan fingerprint density at radius 1 is 1.42 bits per heavy atom. The molecule has 1 aromatic carbocycles. The van der Waals surface area contributed by atoms with E-state index in [1.54, 1.807) is 0 Å². The number of carbonyl (C=O) groups excluding carboxylic acids is 1. The van der Waals surface area contributed by atoms with Crippen LogP contribution in [-0.2, 0) is 4.74 Å². The van der Waals surface area contributed by atoms with Gasteiger partial charge in [-0.15, -0.1) is 0 Å². The molecule has 0 radical (unpaired) electrons. The molecule has 1 atom stereocenters. The molecule has 1 unspecified atom stereocenters. The lowest BCUT2D eigenvalue weighted by molar-refractivity contribution is 0.0538. The third kappa shape index (κ3) is 3.69. The van der Waals surface area contributed by atoms with E-state index in [9.17, 15) is 4.79 Å². The van der Waals surface area contributed by atoms with Crippen LogP contribution >= 0.6 is 22.6 Å². The van der Waals surface area contributed by atoms with Crippen LogP contribution in [0.4, 0.5) is 0 Å². The Balaban J connectivity index is 2.02. The number of carbonyl (C=O) groups is 1. The molecule has 4 heteroatoms. The molecular weight excluding hydrogens is 353 g/mol. The molecule has 19 heavy (non-hydrogen) atoms. The van der Waals surface area contributed by atoms with E-state index in [1.807, 2.05) is 25.1 Å². The molecule has 2 rings (SSSR count). The van der Waals surface area contributed by atoms with E-state index >= 15 is 0 Å². The highest BCUT2D eigenvalue weighted by Crippen LogP contribution is 2.20. The van der Waals surface area contributed by atoms with Crippen molar-refractivity contribution in [2.75, 3.05) is 13.2 Å². The van der Waals surface area contributed by atoms with E-state index in [2.05, 4.69) is 34.8 Å². The van der Waals surface area contributed by atoms with Gasteiger partial charge in [-0.2, -0.15) is 0 Å². The first kappa shape index (κ1) is 14.8. The first-order valence-electron chi connectivity index (χ1n) is 6.73. The smallest absolute Gasteiger partial charge is 0.252 e. The van der Waals surface area contributed by atoms with Gasteiger partial charge in [-0.1, -0.05) is 12.1 Å². The molecule has 0 aromatic heterocycles. The van der Waals surface area contributed by atoms with Crippen LogP contribution < -0.4 is 5.32 Å². The molecule has 0 spiro atoms. The maximum atomic E-state index is 12.3. The van der Waals surface area contributed by atoms with Gasteiger partial charge in [0.15, 0.2) is 0 Å². The molecule has 104 valence electrons. The molecule has 1 fully saturated rings. The molecule has 0 saturated carbocycles. The molecule has 1 amide bonds. The van der Waals surface area contributed by atoms with E-state index < -0.39 is 0 Å². The number of benzene rings is 1. The van der Waals surface area contributed by atoms with Crippen molar-refractivity contribution in [2.45, 2.75) is 32.7 Å². The number of ether oxygens (including phenoxy) is 1. The Morgan fingerprint density at radius 2 is 2.11 bits per heavy atom. The summed E-state index contributed by atoms with van der Waals surface area (Å²) in [6.07, 6.45) is 2.07. The summed E-state index contributed by atoms with van der Waals surface area (Å²) >= 11 is 2.24. The summed E-state index contributed by atoms with van der Waals surface area (Å²) in [5, 5.41) is 3.13.